The molecule has 1 unspecified atom stereocenters. The van der Waals surface area contributed by atoms with E-state index >= 15 is 0 Å². The summed E-state index contributed by atoms with van der Waals surface area (Å²) in [6.07, 6.45) is 1.13. The van der Waals surface area contributed by atoms with Gasteiger partial charge in [-0.2, -0.15) is 11.8 Å². The molecule has 1 heterocycles. The largest absolute Gasteiger partial charge is 0.293 e. The molecule has 1 aromatic carbocycles. The SMILES string of the molecule is CC(C(=O)c1ccc(Br)cc1)N1CCSC(C)(C)CC1. The molecule has 0 spiro atoms. The topological polar surface area (TPSA) is 20.3 Å². The van der Waals surface area contributed by atoms with Crippen LogP contribution in [0.25, 0.3) is 0 Å². The minimum absolute atomic E-state index is 0.0364. The summed E-state index contributed by atoms with van der Waals surface area (Å²) in [6, 6.07) is 7.63. The van der Waals surface area contributed by atoms with E-state index in [-0.39, 0.29) is 11.8 Å². The Labute approximate surface area is 134 Å². The summed E-state index contributed by atoms with van der Waals surface area (Å²) in [7, 11) is 0. The molecule has 2 rings (SSSR count). The van der Waals surface area contributed by atoms with E-state index in [4.69, 9.17) is 0 Å². The Hall–Kier alpha value is -0.320. The molecule has 1 atom stereocenters. The van der Waals surface area contributed by atoms with Crippen molar-refractivity contribution in [3.05, 3.63) is 34.3 Å². The summed E-state index contributed by atoms with van der Waals surface area (Å²) in [5.74, 6) is 1.33. The van der Waals surface area contributed by atoms with Gasteiger partial charge < -0.3 is 0 Å². The summed E-state index contributed by atoms with van der Waals surface area (Å²) >= 11 is 5.42. The number of Topliss-reactive ketones (excluding diaryl/α,β-unsaturated/α-hetero) is 1. The molecule has 1 aliphatic rings. The molecule has 0 amide bonds. The fourth-order valence-corrected chi connectivity index (χ4v) is 3.82. The van der Waals surface area contributed by atoms with E-state index in [1.165, 1.54) is 0 Å². The highest BCUT2D eigenvalue weighted by atomic mass is 79.9. The Morgan fingerprint density at radius 3 is 2.60 bits per heavy atom. The van der Waals surface area contributed by atoms with Crippen molar-refractivity contribution in [1.29, 1.82) is 0 Å². The molecule has 0 radical (unpaired) electrons. The fraction of sp³-hybridized carbons (Fsp3) is 0.562. The van der Waals surface area contributed by atoms with Crippen molar-refractivity contribution >= 4 is 33.5 Å². The van der Waals surface area contributed by atoms with Gasteiger partial charge in [0.2, 0.25) is 0 Å². The van der Waals surface area contributed by atoms with Gasteiger partial charge in [-0.15, -0.1) is 0 Å². The van der Waals surface area contributed by atoms with E-state index in [1.54, 1.807) is 0 Å². The zero-order valence-corrected chi connectivity index (χ0v) is 14.8. The average molecular weight is 356 g/mol. The molecule has 110 valence electrons. The summed E-state index contributed by atoms with van der Waals surface area (Å²) in [5, 5.41) is 0. The molecule has 2 nitrogen and oxygen atoms in total. The van der Waals surface area contributed by atoms with Crippen LogP contribution in [0, 0.1) is 0 Å². The van der Waals surface area contributed by atoms with Gasteiger partial charge in [0.15, 0.2) is 5.78 Å². The lowest BCUT2D eigenvalue weighted by molar-refractivity contribution is 0.0844. The van der Waals surface area contributed by atoms with Crippen LogP contribution in [-0.2, 0) is 0 Å². The Morgan fingerprint density at radius 1 is 1.30 bits per heavy atom. The Bertz CT molecular complexity index is 472. The third-order valence-electron chi connectivity index (χ3n) is 3.93. The van der Waals surface area contributed by atoms with Gasteiger partial charge in [-0.3, -0.25) is 9.69 Å². The minimum atomic E-state index is -0.0364. The molecule has 0 saturated carbocycles. The highest BCUT2D eigenvalue weighted by molar-refractivity contribution is 9.10. The minimum Gasteiger partial charge on any atom is -0.293 e. The highest BCUT2D eigenvalue weighted by Gasteiger charge is 2.28. The molecule has 0 N–H and O–H groups in total. The molecule has 4 heteroatoms. The maximum absolute atomic E-state index is 12.6. The van der Waals surface area contributed by atoms with Gasteiger partial charge in [0.1, 0.15) is 0 Å². The zero-order valence-electron chi connectivity index (χ0n) is 12.4. The monoisotopic (exact) mass is 355 g/mol. The molecule has 0 aromatic heterocycles. The normalized spacial score (nSPS) is 21.2. The van der Waals surface area contributed by atoms with E-state index in [0.717, 1.165) is 35.3 Å². The van der Waals surface area contributed by atoms with E-state index < -0.39 is 0 Å². The molecule has 0 bridgehead atoms. The molecule has 1 saturated heterocycles. The van der Waals surface area contributed by atoms with Gasteiger partial charge in [-0.25, -0.2) is 0 Å². The first-order valence-corrected chi connectivity index (χ1v) is 8.85. The Balaban J connectivity index is 2.05. The summed E-state index contributed by atoms with van der Waals surface area (Å²) in [4.78, 5) is 14.9. The van der Waals surface area contributed by atoms with Gasteiger partial charge in [0.05, 0.1) is 6.04 Å². The number of rotatable bonds is 3. The van der Waals surface area contributed by atoms with Crippen molar-refractivity contribution in [3.8, 4) is 0 Å². The Morgan fingerprint density at radius 2 is 1.95 bits per heavy atom. The lowest BCUT2D eigenvalue weighted by atomic mass is 10.0. The standard InChI is InChI=1S/C16H22BrNOS/c1-12(15(19)13-4-6-14(17)7-5-13)18-9-8-16(2,3)20-11-10-18/h4-7,12H,8-11H2,1-3H3. The third kappa shape index (κ3) is 4.09. The van der Waals surface area contributed by atoms with E-state index in [0.29, 0.717) is 4.75 Å². The first-order chi connectivity index (χ1) is 9.39. The summed E-state index contributed by atoms with van der Waals surface area (Å²) in [5.41, 5.74) is 0.803. The number of thioether (sulfide) groups is 1. The second-order valence-electron chi connectivity index (χ2n) is 5.94. The number of carbonyl (C=O) groups excluding carboxylic acids is 1. The van der Waals surface area contributed by atoms with Crippen molar-refractivity contribution in [2.75, 3.05) is 18.8 Å². The predicted octanol–water partition coefficient (Wildman–Crippen LogP) is 4.24. The van der Waals surface area contributed by atoms with Crippen LogP contribution in [0.3, 0.4) is 0 Å². The van der Waals surface area contributed by atoms with E-state index in [1.807, 2.05) is 43.0 Å². The fourth-order valence-electron chi connectivity index (χ4n) is 2.44. The second-order valence-corrected chi connectivity index (χ2v) is 8.66. The van der Waals surface area contributed by atoms with Crippen LogP contribution in [0.15, 0.2) is 28.7 Å². The lowest BCUT2D eigenvalue weighted by Gasteiger charge is -2.27. The summed E-state index contributed by atoms with van der Waals surface area (Å²) in [6.45, 7) is 8.62. The number of hydrogen-bond donors (Lipinski definition) is 0. The van der Waals surface area contributed by atoms with Gasteiger partial charge >= 0.3 is 0 Å². The average Bonchev–Trinajstić information content (AvgIpc) is 2.59. The number of hydrogen-bond acceptors (Lipinski definition) is 3. The Kier molecular flexibility index (Phi) is 5.32. The zero-order chi connectivity index (χ0) is 14.8. The molecule has 1 aliphatic heterocycles. The molecule has 20 heavy (non-hydrogen) atoms. The van der Waals surface area contributed by atoms with Crippen LogP contribution in [0.5, 0.6) is 0 Å². The van der Waals surface area contributed by atoms with Crippen molar-refractivity contribution in [2.24, 2.45) is 0 Å². The first-order valence-electron chi connectivity index (χ1n) is 7.07. The highest BCUT2D eigenvalue weighted by Crippen LogP contribution is 2.31. The van der Waals surface area contributed by atoms with Crippen LogP contribution >= 0.6 is 27.7 Å². The number of ketones is 1. The van der Waals surface area contributed by atoms with Crippen molar-refractivity contribution in [2.45, 2.75) is 38.0 Å². The van der Waals surface area contributed by atoms with Gasteiger partial charge in [-0.05, 0) is 25.5 Å². The van der Waals surface area contributed by atoms with E-state index in [2.05, 4.69) is 34.7 Å². The quantitative estimate of drug-likeness (QED) is 0.756. The van der Waals surface area contributed by atoms with Crippen molar-refractivity contribution < 1.29 is 4.79 Å². The van der Waals surface area contributed by atoms with Crippen molar-refractivity contribution in [3.63, 3.8) is 0 Å². The number of halogens is 1. The molecular formula is C16H22BrNOS. The summed E-state index contributed by atoms with van der Waals surface area (Å²) < 4.78 is 1.34. The van der Waals surface area contributed by atoms with Crippen LogP contribution < -0.4 is 0 Å². The smallest absolute Gasteiger partial charge is 0.179 e. The van der Waals surface area contributed by atoms with E-state index in [9.17, 15) is 4.79 Å². The first kappa shape index (κ1) is 16.1. The molecule has 1 fully saturated rings. The van der Waals surface area contributed by atoms with Crippen LogP contribution in [0.2, 0.25) is 0 Å². The predicted molar refractivity (Wildman–Crippen MR) is 90.7 cm³/mol. The number of nitrogens with zero attached hydrogens (tertiary/aromatic N) is 1. The maximum atomic E-state index is 12.6. The van der Waals surface area contributed by atoms with Crippen LogP contribution in [0.1, 0.15) is 37.6 Å². The van der Waals surface area contributed by atoms with Crippen molar-refractivity contribution in [1.82, 2.24) is 4.90 Å². The second kappa shape index (κ2) is 6.63. The molecular weight excluding hydrogens is 334 g/mol. The van der Waals surface area contributed by atoms with Crippen LogP contribution in [-0.4, -0.2) is 40.3 Å². The maximum Gasteiger partial charge on any atom is 0.179 e. The lowest BCUT2D eigenvalue weighted by Crippen LogP contribution is -2.40. The number of benzene rings is 1. The van der Waals surface area contributed by atoms with Gasteiger partial charge in [0, 0.05) is 33.6 Å². The molecule has 1 aromatic rings. The third-order valence-corrected chi connectivity index (χ3v) is 5.83. The number of carbonyl (C=O) groups is 1. The van der Waals surface area contributed by atoms with Gasteiger partial charge in [-0.1, -0.05) is 41.9 Å². The van der Waals surface area contributed by atoms with Crippen LogP contribution in [0.4, 0.5) is 0 Å². The van der Waals surface area contributed by atoms with Gasteiger partial charge in [0.25, 0.3) is 0 Å². The molecule has 0 aliphatic carbocycles.